The van der Waals surface area contributed by atoms with E-state index in [9.17, 15) is 4.79 Å². The van der Waals surface area contributed by atoms with Gasteiger partial charge in [0.25, 0.3) is 5.56 Å². The zero-order valence-corrected chi connectivity index (χ0v) is 10.3. The molecule has 1 saturated heterocycles. The summed E-state index contributed by atoms with van der Waals surface area (Å²) < 4.78 is 5.60. The lowest BCUT2D eigenvalue weighted by molar-refractivity contribution is 0.0995. The highest BCUT2D eigenvalue weighted by Crippen LogP contribution is 2.17. The second-order valence-corrected chi connectivity index (χ2v) is 4.42. The van der Waals surface area contributed by atoms with Gasteiger partial charge in [-0.05, 0) is 19.8 Å². The summed E-state index contributed by atoms with van der Waals surface area (Å²) in [5.74, 6) is 1.34. The van der Waals surface area contributed by atoms with E-state index in [2.05, 4.69) is 22.2 Å². The predicted molar refractivity (Wildman–Crippen MR) is 66.3 cm³/mol. The molecule has 2 atom stereocenters. The van der Waals surface area contributed by atoms with Crippen molar-refractivity contribution in [2.24, 2.45) is 0 Å². The van der Waals surface area contributed by atoms with Gasteiger partial charge in [0.15, 0.2) is 0 Å². The number of nitrogens with zero attached hydrogens (tertiary/aromatic N) is 1. The Morgan fingerprint density at radius 2 is 2.53 bits per heavy atom. The average Bonchev–Trinajstić information content (AvgIpc) is 2.81. The number of ether oxygens (including phenoxy) is 1. The first-order valence-corrected chi connectivity index (χ1v) is 6.17. The number of nitrogens with one attached hydrogen (secondary N) is 2. The zero-order chi connectivity index (χ0) is 12.3. The summed E-state index contributed by atoms with van der Waals surface area (Å²) >= 11 is 0. The number of aromatic amines is 1. The summed E-state index contributed by atoms with van der Waals surface area (Å²) in [5.41, 5.74) is -0.112. The summed E-state index contributed by atoms with van der Waals surface area (Å²) in [7, 11) is 0. The number of H-pyrrole nitrogens is 1. The molecule has 0 bridgehead atoms. The van der Waals surface area contributed by atoms with Gasteiger partial charge in [-0.15, -0.1) is 0 Å². The molecule has 2 rings (SSSR count). The molecule has 1 fully saturated rings. The molecule has 5 nitrogen and oxygen atoms in total. The van der Waals surface area contributed by atoms with Crippen LogP contribution in [0.25, 0.3) is 0 Å². The van der Waals surface area contributed by atoms with Gasteiger partial charge in [-0.2, -0.15) is 0 Å². The minimum atomic E-state index is -0.112. The van der Waals surface area contributed by atoms with Crippen LogP contribution in [0.15, 0.2) is 10.9 Å². The van der Waals surface area contributed by atoms with E-state index in [-0.39, 0.29) is 17.7 Å². The molecule has 0 radical (unpaired) electrons. The predicted octanol–water partition coefficient (Wildman–Crippen LogP) is 1.31. The third-order valence-corrected chi connectivity index (χ3v) is 3.02. The maximum Gasteiger partial charge on any atom is 0.252 e. The van der Waals surface area contributed by atoms with Gasteiger partial charge in [-0.1, -0.05) is 6.92 Å². The summed E-state index contributed by atoms with van der Waals surface area (Å²) in [6.45, 7) is 4.86. The number of aryl methyl sites for hydroxylation is 1. The van der Waals surface area contributed by atoms with Gasteiger partial charge in [0.1, 0.15) is 11.6 Å². The molecule has 2 heterocycles. The minimum Gasteiger partial charge on any atom is -0.376 e. The maximum absolute atomic E-state index is 11.4. The molecule has 0 saturated carbocycles. The van der Waals surface area contributed by atoms with Crippen LogP contribution in [-0.2, 0) is 11.2 Å². The van der Waals surface area contributed by atoms with Crippen LogP contribution < -0.4 is 10.9 Å². The Kier molecular flexibility index (Phi) is 3.78. The van der Waals surface area contributed by atoms with Gasteiger partial charge < -0.3 is 15.0 Å². The Morgan fingerprint density at radius 1 is 1.71 bits per heavy atom. The van der Waals surface area contributed by atoms with Gasteiger partial charge in [0, 0.05) is 19.1 Å². The topological polar surface area (TPSA) is 67.0 Å². The Morgan fingerprint density at radius 3 is 3.18 bits per heavy atom. The van der Waals surface area contributed by atoms with Crippen molar-refractivity contribution >= 4 is 5.82 Å². The molecule has 1 aromatic rings. The minimum absolute atomic E-state index is 0.112. The van der Waals surface area contributed by atoms with Crippen LogP contribution >= 0.6 is 0 Å². The van der Waals surface area contributed by atoms with Crippen LogP contribution in [-0.4, -0.2) is 28.7 Å². The smallest absolute Gasteiger partial charge is 0.252 e. The SMILES string of the molecule is CCc1nc(NC(C)C2CCCO2)cc(=O)[nH]1. The van der Waals surface area contributed by atoms with Crippen molar-refractivity contribution in [1.29, 1.82) is 0 Å². The molecule has 94 valence electrons. The van der Waals surface area contributed by atoms with E-state index < -0.39 is 0 Å². The zero-order valence-electron chi connectivity index (χ0n) is 10.3. The van der Waals surface area contributed by atoms with Crippen molar-refractivity contribution in [3.63, 3.8) is 0 Å². The van der Waals surface area contributed by atoms with Gasteiger partial charge in [0.05, 0.1) is 12.1 Å². The van der Waals surface area contributed by atoms with E-state index in [1.165, 1.54) is 6.07 Å². The molecule has 0 aromatic carbocycles. The molecular formula is C12H19N3O2. The molecule has 1 aromatic heterocycles. The first-order chi connectivity index (χ1) is 8.19. The summed E-state index contributed by atoms with van der Waals surface area (Å²) in [6.07, 6.45) is 3.12. The number of aromatic nitrogens is 2. The summed E-state index contributed by atoms with van der Waals surface area (Å²) in [4.78, 5) is 18.4. The number of hydrogen-bond donors (Lipinski definition) is 2. The Balaban J connectivity index is 2.06. The average molecular weight is 237 g/mol. The molecule has 17 heavy (non-hydrogen) atoms. The van der Waals surface area contributed by atoms with Crippen molar-refractivity contribution in [3.8, 4) is 0 Å². The third kappa shape index (κ3) is 3.06. The lowest BCUT2D eigenvalue weighted by atomic mass is 10.1. The first-order valence-electron chi connectivity index (χ1n) is 6.17. The fourth-order valence-electron chi connectivity index (χ4n) is 2.07. The Bertz CT molecular complexity index is 424. The number of rotatable bonds is 4. The van der Waals surface area contributed by atoms with Gasteiger partial charge in [-0.3, -0.25) is 4.79 Å². The quantitative estimate of drug-likeness (QED) is 0.828. The standard InChI is InChI=1S/C12H19N3O2/c1-3-10-14-11(7-12(16)15-10)13-8(2)9-5-4-6-17-9/h7-9H,3-6H2,1-2H3,(H2,13,14,15,16). The van der Waals surface area contributed by atoms with Crippen molar-refractivity contribution in [3.05, 3.63) is 22.2 Å². The normalized spacial score (nSPS) is 21.4. The Labute approximate surface area is 101 Å². The molecule has 0 aliphatic carbocycles. The van der Waals surface area contributed by atoms with E-state index in [4.69, 9.17) is 4.74 Å². The summed E-state index contributed by atoms with van der Waals surface area (Å²) in [5, 5.41) is 3.24. The monoisotopic (exact) mass is 237 g/mol. The second kappa shape index (κ2) is 5.31. The molecule has 0 amide bonds. The van der Waals surface area contributed by atoms with Crippen LogP contribution in [0.2, 0.25) is 0 Å². The fraction of sp³-hybridized carbons (Fsp3) is 0.667. The third-order valence-electron chi connectivity index (χ3n) is 3.02. The van der Waals surface area contributed by atoms with Crippen LogP contribution in [0, 0.1) is 0 Å². The van der Waals surface area contributed by atoms with Crippen molar-refractivity contribution in [2.45, 2.75) is 45.3 Å². The van der Waals surface area contributed by atoms with Crippen molar-refractivity contribution in [2.75, 3.05) is 11.9 Å². The maximum atomic E-state index is 11.4. The fourth-order valence-corrected chi connectivity index (χ4v) is 2.07. The van der Waals surface area contributed by atoms with Crippen LogP contribution in [0.5, 0.6) is 0 Å². The molecular weight excluding hydrogens is 218 g/mol. The highest BCUT2D eigenvalue weighted by atomic mass is 16.5. The van der Waals surface area contributed by atoms with Gasteiger partial charge in [0.2, 0.25) is 0 Å². The second-order valence-electron chi connectivity index (χ2n) is 4.42. The van der Waals surface area contributed by atoms with Crippen LogP contribution in [0.4, 0.5) is 5.82 Å². The highest BCUT2D eigenvalue weighted by molar-refractivity contribution is 5.34. The molecule has 1 aliphatic heterocycles. The van der Waals surface area contributed by atoms with E-state index >= 15 is 0 Å². The van der Waals surface area contributed by atoms with Crippen molar-refractivity contribution < 1.29 is 4.74 Å². The Hall–Kier alpha value is -1.36. The highest BCUT2D eigenvalue weighted by Gasteiger charge is 2.22. The summed E-state index contributed by atoms with van der Waals surface area (Å²) in [6, 6.07) is 1.67. The lowest BCUT2D eigenvalue weighted by Gasteiger charge is -2.20. The lowest BCUT2D eigenvalue weighted by Crippen LogP contribution is -2.31. The van der Waals surface area contributed by atoms with Gasteiger partial charge in [-0.25, -0.2) is 4.98 Å². The van der Waals surface area contributed by atoms with Gasteiger partial charge >= 0.3 is 0 Å². The van der Waals surface area contributed by atoms with E-state index in [0.29, 0.717) is 11.6 Å². The first kappa shape index (κ1) is 12.1. The van der Waals surface area contributed by atoms with Crippen LogP contribution in [0.1, 0.15) is 32.5 Å². The molecule has 2 N–H and O–H groups in total. The molecule has 5 heteroatoms. The molecule has 0 spiro atoms. The van der Waals surface area contributed by atoms with E-state index in [0.717, 1.165) is 25.9 Å². The largest absolute Gasteiger partial charge is 0.376 e. The van der Waals surface area contributed by atoms with E-state index in [1.807, 2.05) is 6.92 Å². The molecule has 2 unspecified atom stereocenters. The number of anilines is 1. The van der Waals surface area contributed by atoms with E-state index in [1.54, 1.807) is 0 Å². The molecule has 1 aliphatic rings. The number of hydrogen-bond acceptors (Lipinski definition) is 4. The van der Waals surface area contributed by atoms with Crippen LogP contribution in [0.3, 0.4) is 0 Å². The van der Waals surface area contributed by atoms with Crippen molar-refractivity contribution in [1.82, 2.24) is 9.97 Å².